The van der Waals surface area contributed by atoms with Gasteiger partial charge in [0.15, 0.2) is 0 Å². The van der Waals surface area contributed by atoms with E-state index in [0.29, 0.717) is 0 Å². The molecule has 0 unspecified atom stereocenters. The van der Waals surface area contributed by atoms with Crippen molar-refractivity contribution in [2.24, 2.45) is 17.8 Å². The summed E-state index contributed by atoms with van der Waals surface area (Å²) in [4.78, 5) is 5.61. The van der Waals surface area contributed by atoms with E-state index in [1.54, 1.807) is 27.8 Å². The highest BCUT2D eigenvalue weighted by molar-refractivity contribution is 7.00. The van der Waals surface area contributed by atoms with Gasteiger partial charge in [0.05, 0.1) is 0 Å². The predicted octanol–water partition coefficient (Wildman–Crippen LogP) is 15.0. The zero-order chi connectivity index (χ0) is 46.0. The van der Waals surface area contributed by atoms with Gasteiger partial charge < -0.3 is 9.80 Å². The molecule has 0 aromatic heterocycles. The van der Waals surface area contributed by atoms with Crippen LogP contribution in [-0.2, 0) is 37.9 Å². The Kier molecular flexibility index (Phi) is 8.18. The number of anilines is 6. The van der Waals surface area contributed by atoms with E-state index < -0.39 is 0 Å². The van der Waals surface area contributed by atoms with Crippen LogP contribution in [0.1, 0.15) is 198 Å². The normalized spacial score (nSPS) is 33.6. The van der Waals surface area contributed by atoms with Crippen molar-refractivity contribution < 1.29 is 0 Å². The molecule has 0 amide bonds. The van der Waals surface area contributed by atoms with Gasteiger partial charge in [-0.05, 0) is 249 Å². The molecular weight excluding hydrogens is 808 g/mol. The molecule has 10 aliphatic carbocycles. The van der Waals surface area contributed by atoms with Crippen LogP contribution in [0.5, 0.6) is 0 Å². The van der Waals surface area contributed by atoms with E-state index in [2.05, 4.69) is 164 Å². The van der Waals surface area contributed by atoms with Gasteiger partial charge in [0.2, 0.25) is 0 Å². The summed E-state index contributed by atoms with van der Waals surface area (Å²) in [5, 5.41) is 0. The standard InChI is InChI=1S/C64H75BN2/c1-58(2,3)42-11-14-45(15-12-42)66-53-18-13-43(59(4,5)6)30-51(53)65-52-34-49-50(63(10)25-23-62(49,9)24-26-63)35-54(52)67(46-16-17-47-48(33-46)61(8)21-19-60(47,7)20-22-61)56-32-44(31-55(66)57(56)65)64-36-39-27-40(37-64)29-41(28-39)38-64/h11-18,30-35,39-41H,19-29,36-38H2,1-10H3. The van der Waals surface area contributed by atoms with Gasteiger partial charge in [-0.1, -0.05) is 106 Å². The lowest BCUT2D eigenvalue weighted by Gasteiger charge is -2.57. The van der Waals surface area contributed by atoms with Gasteiger partial charge in [-0.2, -0.15) is 0 Å². The molecule has 2 aliphatic heterocycles. The molecule has 0 atom stereocenters. The highest BCUT2D eigenvalue weighted by Gasteiger charge is 2.55. The maximum absolute atomic E-state index is 2.87. The highest BCUT2D eigenvalue weighted by atomic mass is 15.2. The van der Waals surface area contributed by atoms with Gasteiger partial charge in [0.25, 0.3) is 6.71 Å². The number of rotatable bonds is 3. The number of hydrogen-bond donors (Lipinski definition) is 0. The van der Waals surface area contributed by atoms with Crippen molar-refractivity contribution in [2.75, 3.05) is 9.80 Å². The van der Waals surface area contributed by atoms with E-state index in [4.69, 9.17) is 0 Å². The first kappa shape index (κ1) is 41.7. The van der Waals surface area contributed by atoms with Gasteiger partial charge >= 0.3 is 0 Å². The molecule has 2 heterocycles. The van der Waals surface area contributed by atoms with E-state index in [1.165, 1.54) is 152 Å². The van der Waals surface area contributed by atoms with Crippen molar-refractivity contribution in [3.05, 3.63) is 124 Å². The Morgan fingerprint density at radius 2 is 0.881 bits per heavy atom. The Hall–Kier alpha value is -4.24. The Labute approximate surface area is 403 Å². The minimum absolute atomic E-state index is 0.0234. The Morgan fingerprint density at radius 3 is 1.42 bits per heavy atom. The molecule has 2 nitrogen and oxygen atoms in total. The minimum Gasteiger partial charge on any atom is -0.311 e. The van der Waals surface area contributed by atoms with Crippen LogP contribution in [0.4, 0.5) is 34.1 Å². The smallest absolute Gasteiger partial charge is 0.252 e. The topological polar surface area (TPSA) is 6.48 Å². The molecular formula is C64H75BN2. The monoisotopic (exact) mass is 883 g/mol. The van der Waals surface area contributed by atoms with Gasteiger partial charge in [-0.15, -0.1) is 0 Å². The van der Waals surface area contributed by atoms with Crippen molar-refractivity contribution in [3.8, 4) is 0 Å². The first-order valence-corrected chi connectivity index (χ1v) is 27.1. The van der Waals surface area contributed by atoms with Crippen LogP contribution < -0.4 is 26.2 Å². The number of fused-ring (bicyclic) bond motifs is 8. The SMILES string of the molecule is CC(C)(C)c1ccc(N2c3ccc(C(C)(C)C)cc3B3c4cc5c(cc4N(c4ccc6c(c4)C4(C)CCC6(C)CC4)c4cc(C67CC8CC(CC(C8)C6)C7)cc2c43)C2(C)CCC5(C)CC2)cc1. The quantitative estimate of drug-likeness (QED) is 0.163. The lowest BCUT2D eigenvalue weighted by molar-refractivity contribution is -0.00514. The third-order valence-electron chi connectivity index (χ3n) is 21.5. The van der Waals surface area contributed by atoms with Crippen molar-refractivity contribution >= 4 is 57.2 Å². The summed E-state index contributed by atoms with van der Waals surface area (Å²) >= 11 is 0. The third-order valence-corrected chi connectivity index (χ3v) is 21.5. The average Bonchev–Trinajstić information content (AvgIpc) is 3.28. The van der Waals surface area contributed by atoms with E-state index in [-0.39, 0.29) is 44.6 Å². The molecule has 0 spiro atoms. The molecule has 5 aromatic rings. The summed E-state index contributed by atoms with van der Waals surface area (Å²) in [6.07, 6.45) is 18.9. The first-order valence-electron chi connectivity index (χ1n) is 27.1. The Balaban J connectivity index is 1.10. The summed E-state index contributed by atoms with van der Waals surface area (Å²) in [7, 11) is 0. The minimum atomic E-state index is 0.0234. The number of benzene rings is 5. The highest BCUT2D eigenvalue weighted by Crippen LogP contribution is 2.63. The van der Waals surface area contributed by atoms with Crippen LogP contribution in [0.15, 0.2) is 84.9 Å². The van der Waals surface area contributed by atoms with E-state index in [9.17, 15) is 0 Å². The number of hydrogen-bond acceptors (Lipinski definition) is 2. The molecule has 67 heavy (non-hydrogen) atoms. The molecule has 12 aliphatic rings. The Morgan fingerprint density at radius 1 is 0.433 bits per heavy atom. The van der Waals surface area contributed by atoms with Crippen molar-refractivity contribution in [1.82, 2.24) is 0 Å². The predicted molar refractivity (Wildman–Crippen MR) is 284 cm³/mol. The molecule has 0 N–H and O–H groups in total. The van der Waals surface area contributed by atoms with Crippen LogP contribution in [-0.4, -0.2) is 6.71 Å². The molecule has 5 aromatic carbocycles. The fourth-order valence-electron chi connectivity index (χ4n) is 17.4. The molecule has 6 fully saturated rings. The summed E-state index contributed by atoms with van der Waals surface area (Å²) in [5.41, 5.74) is 25.2. The van der Waals surface area contributed by atoms with Gasteiger partial charge in [-0.3, -0.25) is 0 Å². The zero-order valence-corrected chi connectivity index (χ0v) is 42.7. The summed E-state index contributed by atoms with van der Waals surface area (Å²) in [6, 6.07) is 36.5. The second-order valence-corrected chi connectivity index (χ2v) is 28.0. The Bertz CT molecular complexity index is 2900. The fraction of sp³-hybridized carbons (Fsp3) is 0.531. The molecule has 17 rings (SSSR count). The van der Waals surface area contributed by atoms with E-state index in [1.807, 2.05) is 0 Å². The van der Waals surface area contributed by atoms with E-state index >= 15 is 0 Å². The molecule has 344 valence electrons. The van der Waals surface area contributed by atoms with Gasteiger partial charge in [0, 0.05) is 34.1 Å². The lowest BCUT2D eigenvalue weighted by Crippen LogP contribution is -2.62. The molecule has 0 saturated heterocycles. The average molecular weight is 883 g/mol. The van der Waals surface area contributed by atoms with Crippen LogP contribution >= 0.6 is 0 Å². The van der Waals surface area contributed by atoms with Gasteiger partial charge in [0.1, 0.15) is 0 Å². The second kappa shape index (κ2) is 13.1. The van der Waals surface area contributed by atoms with E-state index in [0.717, 1.165) is 17.8 Å². The molecule has 3 heteroatoms. The van der Waals surface area contributed by atoms with Crippen molar-refractivity contribution in [1.29, 1.82) is 0 Å². The molecule has 8 bridgehead atoms. The maximum Gasteiger partial charge on any atom is 0.252 e. The zero-order valence-electron chi connectivity index (χ0n) is 42.7. The van der Waals surface area contributed by atoms with Gasteiger partial charge in [-0.25, -0.2) is 0 Å². The molecule has 0 radical (unpaired) electrons. The lowest BCUT2D eigenvalue weighted by atomic mass is 9.32. The van der Waals surface area contributed by atoms with Crippen LogP contribution in [0, 0.1) is 17.8 Å². The first-order chi connectivity index (χ1) is 31.7. The largest absolute Gasteiger partial charge is 0.311 e. The van der Waals surface area contributed by atoms with Crippen LogP contribution in [0.25, 0.3) is 0 Å². The third kappa shape index (κ3) is 5.70. The van der Waals surface area contributed by atoms with Crippen molar-refractivity contribution in [2.45, 2.75) is 197 Å². The summed E-state index contributed by atoms with van der Waals surface area (Å²) in [6.45, 7) is 24.8. The molecule has 6 saturated carbocycles. The fourth-order valence-corrected chi connectivity index (χ4v) is 17.4. The van der Waals surface area contributed by atoms with Crippen LogP contribution in [0.3, 0.4) is 0 Å². The summed E-state index contributed by atoms with van der Waals surface area (Å²) in [5.74, 6) is 2.63. The van der Waals surface area contributed by atoms with Crippen LogP contribution in [0.2, 0.25) is 0 Å². The number of nitrogens with zero attached hydrogens (tertiary/aromatic N) is 2. The van der Waals surface area contributed by atoms with Crippen molar-refractivity contribution in [3.63, 3.8) is 0 Å². The second-order valence-electron chi connectivity index (χ2n) is 28.0. The maximum atomic E-state index is 2.87. The summed E-state index contributed by atoms with van der Waals surface area (Å²) < 4.78 is 0.